The van der Waals surface area contributed by atoms with Crippen LogP contribution >= 0.6 is 0 Å². The van der Waals surface area contributed by atoms with Gasteiger partial charge in [0.2, 0.25) is 0 Å². The number of carbonyl (C=O) groups is 1. The Kier molecular flexibility index (Phi) is 22.7. The fraction of sp³-hybridized carbons (Fsp3) is 0.182. The molecule has 0 heterocycles. The first-order valence-electron chi connectivity index (χ1n) is 4.06. The quantitative estimate of drug-likeness (QED) is 0.813. The van der Waals surface area contributed by atoms with Crippen molar-refractivity contribution in [3.63, 3.8) is 0 Å². The van der Waals surface area contributed by atoms with Crippen LogP contribution in [-0.2, 0) is 37.2 Å². The Morgan fingerprint density at radius 1 is 1.24 bits per heavy atom. The molecule has 0 saturated carbocycles. The molecule has 0 saturated heterocycles. The van der Waals surface area contributed by atoms with Gasteiger partial charge in [0, 0.05) is 25.8 Å². The van der Waals surface area contributed by atoms with Crippen LogP contribution < -0.4 is 5.32 Å². The predicted molar refractivity (Wildman–Crippen MR) is 63.6 cm³/mol. The van der Waals surface area contributed by atoms with E-state index >= 15 is 0 Å². The molecule has 0 bridgehead atoms. The van der Waals surface area contributed by atoms with Gasteiger partial charge >= 0.3 is 6.09 Å². The minimum Gasteiger partial charge on any atom is -0.445 e. The molecule has 0 aliphatic heterocycles. The van der Waals surface area contributed by atoms with Crippen molar-refractivity contribution in [1.29, 1.82) is 0 Å². The molecule has 1 rings (SSSR count). The molecule has 17 heavy (non-hydrogen) atoms. The van der Waals surface area contributed by atoms with Gasteiger partial charge in [-0.1, -0.05) is 30.3 Å². The molecule has 1 aromatic rings. The third-order valence-corrected chi connectivity index (χ3v) is 1.48. The van der Waals surface area contributed by atoms with Gasteiger partial charge in [0.15, 0.2) is 0 Å². The maximum atomic E-state index is 10.8. The van der Waals surface area contributed by atoms with Crippen LogP contribution in [0.2, 0.25) is 0 Å². The van der Waals surface area contributed by atoms with Crippen molar-refractivity contribution in [3.05, 3.63) is 50.2 Å². The SMILES string of the molecule is O.O.[CH2-]CNC(=O)OCc1ccccc1.[CH3-].[Sc]. The third-order valence-electron chi connectivity index (χ3n) is 1.48. The fourth-order valence-electron chi connectivity index (χ4n) is 0.876. The average molecular weight is 274 g/mol. The number of carbonyl (C=O) groups excluding carboxylic acids is 1. The van der Waals surface area contributed by atoms with E-state index in [4.69, 9.17) is 4.74 Å². The van der Waals surface area contributed by atoms with E-state index in [9.17, 15) is 4.79 Å². The summed E-state index contributed by atoms with van der Waals surface area (Å²) >= 11 is 0. The topological polar surface area (TPSA) is 101 Å². The molecule has 97 valence electrons. The molecule has 0 aliphatic rings. The number of amides is 1. The van der Waals surface area contributed by atoms with Crippen molar-refractivity contribution < 1.29 is 46.3 Å². The molecule has 0 aliphatic carbocycles. The monoisotopic (exact) mass is 274 g/mol. The smallest absolute Gasteiger partial charge is 0.404 e. The van der Waals surface area contributed by atoms with E-state index in [1.807, 2.05) is 30.3 Å². The van der Waals surface area contributed by atoms with Gasteiger partial charge in [-0.15, -0.1) is 6.54 Å². The van der Waals surface area contributed by atoms with Crippen molar-refractivity contribution in [2.45, 2.75) is 6.61 Å². The molecular weight excluding hydrogens is 255 g/mol. The van der Waals surface area contributed by atoms with Crippen LogP contribution in [0, 0.1) is 14.4 Å². The number of hydrogen-bond donors (Lipinski definition) is 1. The summed E-state index contributed by atoms with van der Waals surface area (Å²) in [6, 6.07) is 9.52. The Labute approximate surface area is 121 Å². The summed E-state index contributed by atoms with van der Waals surface area (Å²) in [6.07, 6.45) is -0.432. The normalized spacial score (nSPS) is 7.12. The zero-order chi connectivity index (χ0) is 9.52. The van der Waals surface area contributed by atoms with Crippen LogP contribution in [0.4, 0.5) is 4.79 Å². The van der Waals surface area contributed by atoms with Crippen molar-refractivity contribution in [2.24, 2.45) is 0 Å². The maximum Gasteiger partial charge on any atom is 0.404 e. The van der Waals surface area contributed by atoms with Gasteiger partial charge in [0.25, 0.3) is 0 Å². The summed E-state index contributed by atoms with van der Waals surface area (Å²) in [4.78, 5) is 10.8. The van der Waals surface area contributed by atoms with Gasteiger partial charge in [-0.25, -0.2) is 4.79 Å². The molecule has 0 fully saturated rings. The van der Waals surface area contributed by atoms with E-state index in [0.717, 1.165) is 5.56 Å². The predicted octanol–water partition coefficient (Wildman–Crippen LogP) is 0.545. The Morgan fingerprint density at radius 2 is 1.76 bits per heavy atom. The average Bonchev–Trinajstić information content (AvgIpc) is 2.17. The number of nitrogens with one attached hydrogen (secondary N) is 1. The number of ether oxygens (including phenoxy) is 1. The van der Waals surface area contributed by atoms with Crippen molar-refractivity contribution >= 4 is 6.09 Å². The standard InChI is InChI=1S/C10H12NO2.CH3.2H2O.Sc/c1-2-11-10(12)13-8-9-6-4-3-5-7-9;;;;/h3-7H,1-2,8H2,(H,11,12);1H3;2*1H2;/q2*-1;;;. The number of hydrogen-bond acceptors (Lipinski definition) is 2. The number of rotatable bonds is 3. The molecule has 0 atom stereocenters. The zero-order valence-corrected chi connectivity index (χ0v) is 11.7. The van der Waals surface area contributed by atoms with Gasteiger partial charge in [-0.3, -0.25) is 0 Å². The summed E-state index contributed by atoms with van der Waals surface area (Å²) in [5.74, 6) is 0. The van der Waals surface area contributed by atoms with E-state index in [0.29, 0.717) is 13.2 Å². The van der Waals surface area contributed by atoms with E-state index in [-0.39, 0.29) is 44.2 Å². The molecule has 1 radical (unpaired) electrons. The first kappa shape index (κ1) is 25.2. The van der Waals surface area contributed by atoms with Gasteiger partial charge in [-0.2, -0.15) is 0 Å². The first-order chi connectivity index (χ1) is 6.33. The molecule has 0 unspecified atom stereocenters. The van der Waals surface area contributed by atoms with Crippen molar-refractivity contribution in [3.8, 4) is 0 Å². The van der Waals surface area contributed by atoms with Crippen LogP contribution in [0.15, 0.2) is 30.3 Å². The van der Waals surface area contributed by atoms with E-state index in [1.54, 1.807) is 0 Å². The summed E-state index contributed by atoms with van der Waals surface area (Å²) in [5.41, 5.74) is 0.974. The molecule has 0 aromatic heterocycles. The third kappa shape index (κ3) is 11.5. The van der Waals surface area contributed by atoms with Gasteiger partial charge in [0.05, 0.1) is 0 Å². The van der Waals surface area contributed by atoms with Crippen molar-refractivity contribution in [1.82, 2.24) is 5.32 Å². The van der Waals surface area contributed by atoms with E-state index in [1.165, 1.54) is 0 Å². The second-order valence-corrected chi connectivity index (χ2v) is 2.49. The molecule has 5 N–H and O–H groups in total. The number of benzene rings is 1. The maximum absolute atomic E-state index is 10.8. The molecule has 6 heteroatoms. The Morgan fingerprint density at radius 3 is 2.24 bits per heavy atom. The Bertz CT molecular complexity index is 269. The zero-order valence-electron chi connectivity index (χ0n) is 9.90. The van der Waals surface area contributed by atoms with Crippen LogP contribution in [0.5, 0.6) is 0 Å². The van der Waals surface area contributed by atoms with Gasteiger partial charge < -0.3 is 35.4 Å². The summed E-state index contributed by atoms with van der Waals surface area (Å²) in [7, 11) is 0. The second kappa shape index (κ2) is 15.3. The minimum absolute atomic E-state index is 0. The summed E-state index contributed by atoms with van der Waals surface area (Å²) < 4.78 is 4.88. The molecule has 1 amide bonds. The number of alkyl carbamates (subject to hydrolysis) is 1. The van der Waals surface area contributed by atoms with Crippen LogP contribution in [0.25, 0.3) is 0 Å². The van der Waals surface area contributed by atoms with Crippen LogP contribution in [-0.4, -0.2) is 23.6 Å². The van der Waals surface area contributed by atoms with Crippen LogP contribution in [0.1, 0.15) is 5.56 Å². The largest absolute Gasteiger partial charge is 0.445 e. The van der Waals surface area contributed by atoms with Crippen molar-refractivity contribution in [2.75, 3.05) is 6.54 Å². The van der Waals surface area contributed by atoms with E-state index in [2.05, 4.69) is 12.2 Å². The molecular formula is C11H19NO4Sc-2. The minimum atomic E-state index is -0.432. The second-order valence-electron chi connectivity index (χ2n) is 2.49. The summed E-state index contributed by atoms with van der Waals surface area (Å²) in [6.45, 7) is 4.11. The van der Waals surface area contributed by atoms with Gasteiger partial charge in [-0.05, 0) is 5.56 Å². The first-order valence-corrected chi connectivity index (χ1v) is 4.06. The Hall–Kier alpha value is -0.720. The molecule has 0 spiro atoms. The van der Waals surface area contributed by atoms with Crippen LogP contribution in [0.3, 0.4) is 0 Å². The van der Waals surface area contributed by atoms with E-state index < -0.39 is 6.09 Å². The summed E-state index contributed by atoms with van der Waals surface area (Å²) in [5, 5.41) is 2.44. The Balaban J connectivity index is -0.000000211. The van der Waals surface area contributed by atoms with Gasteiger partial charge in [0.1, 0.15) is 6.61 Å². The fourth-order valence-corrected chi connectivity index (χ4v) is 0.876. The molecule has 1 aromatic carbocycles. The molecule has 5 nitrogen and oxygen atoms in total.